The van der Waals surface area contributed by atoms with Crippen molar-refractivity contribution in [3.63, 3.8) is 0 Å². The largest absolute Gasteiger partial charge is 0.310 e. The van der Waals surface area contributed by atoms with Gasteiger partial charge in [-0.05, 0) is 27.0 Å². The lowest BCUT2D eigenvalue weighted by Gasteiger charge is -2.21. The van der Waals surface area contributed by atoms with E-state index in [0.717, 1.165) is 17.0 Å². The Morgan fingerprint density at radius 1 is 1.19 bits per heavy atom. The molecule has 3 nitrogen and oxygen atoms in total. The molecule has 0 radical (unpaired) electrons. The molecule has 0 atom stereocenters. The van der Waals surface area contributed by atoms with E-state index in [2.05, 4.69) is 47.6 Å². The van der Waals surface area contributed by atoms with Gasteiger partial charge in [0.2, 0.25) is 0 Å². The van der Waals surface area contributed by atoms with Gasteiger partial charge in [-0.2, -0.15) is 5.10 Å². The number of aromatic amines is 1. The van der Waals surface area contributed by atoms with Gasteiger partial charge >= 0.3 is 0 Å². The van der Waals surface area contributed by atoms with Crippen LogP contribution in [0.4, 0.5) is 0 Å². The fourth-order valence-corrected chi connectivity index (χ4v) is 1.53. The van der Waals surface area contributed by atoms with E-state index in [-0.39, 0.29) is 5.54 Å². The van der Waals surface area contributed by atoms with E-state index in [1.165, 1.54) is 0 Å². The molecule has 2 N–H and O–H groups in total. The summed E-state index contributed by atoms with van der Waals surface area (Å²) < 4.78 is 0. The highest BCUT2D eigenvalue weighted by Crippen LogP contribution is 2.23. The first-order valence-electron chi connectivity index (χ1n) is 5.44. The quantitative estimate of drug-likeness (QED) is 0.826. The van der Waals surface area contributed by atoms with E-state index in [4.69, 9.17) is 0 Å². The Hall–Kier alpha value is -1.61. The third-order valence-corrected chi connectivity index (χ3v) is 2.95. The number of hydrogen-bond donors (Lipinski definition) is 2. The third-order valence-electron chi connectivity index (χ3n) is 2.95. The average molecular weight is 215 g/mol. The predicted octanol–water partition coefficient (Wildman–Crippen LogP) is 2.53. The topological polar surface area (TPSA) is 40.7 Å². The molecule has 0 spiro atoms. The van der Waals surface area contributed by atoms with Crippen LogP contribution in [0.2, 0.25) is 0 Å². The highest BCUT2D eigenvalue weighted by molar-refractivity contribution is 5.59. The molecule has 3 heteroatoms. The van der Waals surface area contributed by atoms with Gasteiger partial charge in [0.05, 0.1) is 16.9 Å². The molecule has 1 aromatic carbocycles. The van der Waals surface area contributed by atoms with Gasteiger partial charge in [-0.3, -0.25) is 5.10 Å². The lowest BCUT2D eigenvalue weighted by molar-refractivity contribution is 0.430. The molecule has 2 aromatic rings. The molecule has 0 aliphatic rings. The van der Waals surface area contributed by atoms with Gasteiger partial charge in [0.1, 0.15) is 0 Å². The summed E-state index contributed by atoms with van der Waals surface area (Å²) >= 11 is 0. The molecule has 0 aliphatic carbocycles. The van der Waals surface area contributed by atoms with Crippen LogP contribution in [0.3, 0.4) is 0 Å². The van der Waals surface area contributed by atoms with Gasteiger partial charge in [-0.25, -0.2) is 0 Å². The summed E-state index contributed by atoms with van der Waals surface area (Å²) in [5.41, 5.74) is 3.13. The summed E-state index contributed by atoms with van der Waals surface area (Å²) in [6, 6.07) is 12.3. The van der Waals surface area contributed by atoms with Crippen molar-refractivity contribution in [1.29, 1.82) is 0 Å². The molecule has 1 heterocycles. The highest BCUT2D eigenvalue weighted by Gasteiger charge is 2.20. The van der Waals surface area contributed by atoms with Gasteiger partial charge in [0.15, 0.2) is 0 Å². The van der Waals surface area contributed by atoms with Gasteiger partial charge in [-0.15, -0.1) is 0 Å². The van der Waals surface area contributed by atoms with E-state index in [1.807, 2.05) is 25.2 Å². The third kappa shape index (κ3) is 1.99. The second-order valence-corrected chi connectivity index (χ2v) is 4.41. The number of hydrogen-bond acceptors (Lipinski definition) is 2. The fourth-order valence-electron chi connectivity index (χ4n) is 1.53. The number of nitrogens with one attached hydrogen (secondary N) is 2. The SMILES string of the molecule is CNC(C)(C)c1cc(-c2ccccc2)n[nH]1. The first-order valence-corrected chi connectivity index (χ1v) is 5.44. The minimum Gasteiger partial charge on any atom is -0.310 e. The van der Waals surface area contributed by atoms with Crippen LogP contribution in [0, 0.1) is 0 Å². The van der Waals surface area contributed by atoms with Crippen LogP contribution in [0.5, 0.6) is 0 Å². The van der Waals surface area contributed by atoms with E-state index >= 15 is 0 Å². The zero-order valence-electron chi connectivity index (χ0n) is 9.91. The summed E-state index contributed by atoms with van der Waals surface area (Å²) in [4.78, 5) is 0. The molecule has 0 bridgehead atoms. The van der Waals surface area contributed by atoms with Crippen molar-refractivity contribution >= 4 is 0 Å². The Bertz CT molecular complexity index is 457. The molecular weight excluding hydrogens is 198 g/mol. The van der Waals surface area contributed by atoms with Crippen LogP contribution < -0.4 is 5.32 Å². The molecule has 84 valence electrons. The van der Waals surface area contributed by atoms with Crippen molar-refractivity contribution in [2.75, 3.05) is 7.05 Å². The second-order valence-electron chi connectivity index (χ2n) is 4.41. The summed E-state index contributed by atoms with van der Waals surface area (Å²) in [5, 5.41) is 10.7. The van der Waals surface area contributed by atoms with Gasteiger partial charge in [0, 0.05) is 5.56 Å². The molecule has 1 aromatic heterocycles. The molecule has 0 fully saturated rings. The maximum atomic E-state index is 4.34. The summed E-state index contributed by atoms with van der Waals surface area (Å²) in [7, 11) is 1.95. The van der Waals surface area contributed by atoms with E-state index in [0.29, 0.717) is 0 Å². The number of rotatable bonds is 3. The first kappa shape index (κ1) is 10.9. The van der Waals surface area contributed by atoms with Gasteiger partial charge in [-0.1, -0.05) is 30.3 Å². The lowest BCUT2D eigenvalue weighted by Crippen LogP contribution is -2.33. The van der Waals surface area contributed by atoms with E-state index < -0.39 is 0 Å². The Labute approximate surface area is 95.9 Å². The summed E-state index contributed by atoms with van der Waals surface area (Å²) in [5.74, 6) is 0. The number of nitrogens with zero attached hydrogens (tertiary/aromatic N) is 1. The number of benzene rings is 1. The molecule has 0 saturated carbocycles. The molecule has 0 saturated heterocycles. The first-order chi connectivity index (χ1) is 7.63. The van der Waals surface area contributed by atoms with Crippen LogP contribution in [0.1, 0.15) is 19.5 Å². The number of aromatic nitrogens is 2. The van der Waals surface area contributed by atoms with Crippen molar-refractivity contribution in [1.82, 2.24) is 15.5 Å². The van der Waals surface area contributed by atoms with Crippen LogP contribution in [-0.2, 0) is 5.54 Å². The van der Waals surface area contributed by atoms with Crippen molar-refractivity contribution in [3.05, 3.63) is 42.1 Å². The molecule has 2 rings (SSSR count). The lowest BCUT2D eigenvalue weighted by atomic mass is 10.0. The predicted molar refractivity (Wildman–Crippen MR) is 66.1 cm³/mol. The zero-order chi connectivity index (χ0) is 11.6. The maximum Gasteiger partial charge on any atom is 0.0924 e. The molecule has 0 unspecified atom stereocenters. The number of H-pyrrole nitrogens is 1. The smallest absolute Gasteiger partial charge is 0.0924 e. The molecule has 16 heavy (non-hydrogen) atoms. The summed E-state index contributed by atoms with van der Waals surface area (Å²) in [6.07, 6.45) is 0. The maximum absolute atomic E-state index is 4.34. The van der Waals surface area contributed by atoms with E-state index in [9.17, 15) is 0 Å². The van der Waals surface area contributed by atoms with Crippen LogP contribution in [0.15, 0.2) is 36.4 Å². The zero-order valence-corrected chi connectivity index (χ0v) is 9.91. The molecule has 0 aliphatic heterocycles. The van der Waals surface area contributed by atoms with Crippen LogP contribution >= 0.6 is 0 Å². The fraction of sp³-hybridized carbons (Fsp3) is 0.308. The highest BCUT2D eigenvalue weighted by atomic mass is 15.1. The normalized spacial score (nSPS) is 11.7. The molecule has 0 amide bonds. The monoisotopic (exact) mass is 215 g/mol. The Morgan fingerprint density at radius 3 is 2.50 bits per heavy atom. The average Bonchev–Trinajstić information content (AvgIpc) is 2.80. The Kier molecular flexibility index (Phi) is 2.79. The van der Waals surface area contributed by atoms with Crippen LogP contribution in [-0.4, -0.2) is 17.2 Å². The van der Waals surface area contributed by atoms with Crippen molar-refractivity contribution in [2.24, 2.45) is 0 Å². The van der Waals surface area contributed by atoms with Crippen molar-refractivity contribution in [2.45, 2.75) is 19.4 Å². The van der Waals surface area contributed by atoms with Gasteiger partial charge in [0.25, 0.3) is 0 Å². The van der Waals surface area contributed by atoms with Crippen molar-refractivity contribution < 1.29 is 0 Å². The Morgan fingerprint density at radius 2 is 1.88 bits per heavy atom. The van der Waals surface area contributed by atoms with Gasteiger partial charge < -0.3 is 5.32 Å². The van der Waals surface area contributed by atoms with Crippen molar-refractivity contribution in [3.8, 4) is 11.3 Å². The second kappa shape index (κ2) is 4.10. The van der Waals surface area contributed by atoms with E-state index in [1.54, 1.807) is 0 Å². The standard InChI is InChI=1S/C13H17N3/c1-13(2,14-3)12-9-11(15-16-12)10-7-5-4-6-8-10/h4-9,14H,1-3H3,(H,15,16). The minimum absolute atomic E-state index is 0.0833. The Balaban J connectivity index is 2.34. The minimum atomic E-state index is -0.0833. The van der Waals surface area contributed by atoms with Crippen LogP contribution in [0.25, 0.3) is 11.3 Å². The molecular formula is C13H17N3. The summed E-state index contributed by atoms with van der Waals surface area (Å²) in [6.45, 7) is 4.24.